The summed E-state index contributed by atoms with van der Waals surface area (Å²) < 4.78 is 0. The van der Waals surface area contributed by atoms with Gasteiger partial charge in [-0.05, 0) is 37.1 Å². The molecule has 0 saturated carbocycles. The molecule has 1 unspecified atom stereocenters. The number of fused-ring (bicyclic) bond motifs is 1. The summed E-state index contributed by atoms with van der Waals surface area (Å²) in [6, 6.07) is 1.84. The molecule has 2 N–H and O–H groups in total. The number of anilines is 1. The first-order valence-electron chi connectivity index (χ1n) is 8.68. The Morgan fingerprint density at radius 1 is 1.16 bits per heavy atom. The summed E-state index contributed by atoms with van der Waals surface area (Å²) >= 11 is 1.58. The van der Waals surface area contributed by atoms with Crippen LogP contribution in [-0.4, -0.2) is 52.4 Å². The maximum absolute atomic E-state index is 13.1. The molecule has 132 valence electrons. The lowest BCUT2D eigenvalue weighted by atomic mass is 9.95. The van der Waals surface area contributed by atoms with Crippen molar-refractivity contribution in [3.63, 3.8) is 0 Å². The van der Waals surface area contributed by atoms with Gasteiger partial charge in [-0.1, -0.05) is 0 Å². The number of rotatable bonds is 3. The molecular weight excluding hydrogens is 338 g/mol. The Bertz CT molecular complexity index is 799. The Morgan fingerprint density at radius 2 is 1.96 bits per heavy atom. The van der Waals surface area contributed by atoms with Crippen LogP contribution in [0.25, 0.3) is 10.2 Å². The number of hydrogen-bond acceptors (Lipinski definition) is 6. The molecule has 0 bridgehead atoms. The third-order valence-corrected chi connectivity index (χ3v) is 6.08. The van der Waals surface area contributed by atoms with Gasteiger partial charge in [0.05, 0.1) is 5.39 Å². The zero-order valence-electron chi connectivity index (χ0n) is 13.9. The lowest BCUT2D eigenvalue weighted by Gasteiger charge is -2.35. The van der Waals surface area contributed by atoms with Crippen molar-refractivity contribution < 1.29 is 9.59 Å². The molecule has 2 aromatic heterocycles. The number of nitrogens with zero attached hydrogens (tertiary/aromatic N) is 4. The Balaban J connectivity index is 1.53. The topological polar surface area (TPSA) is 92.4 Å². The zero-order chi connectivity index (χ0) is 17.4. The second kappa shape index (κ2) is 6.59. The maximum atomic E-state index is 13.1. The molecule has 0 spiro atoms. The van der Waals surface area contributed by atoms with Gasteiger partial charge in [0, 0.05) is 25.6 Å². The van der Waals surface area contributed by atoms with E-state index in [-0.39, 0.29) is 23.8 Å². The molecule has 2 amide bonds. The molecule has 4 rings (SSSR count). The first-order chi connectivity index (χ1) is 12.1. The molecule has 0 aromatic carbocycles. The van der Waals surface area contributed by atoms with Crippen LogP contribution in [0.4, 0.5) is 5.82 Å². The number of carbonyl (C=O) groups excluding carboxylic acids is 2. The summed E-state index contributed by atoms with van der Waals surface area (Å²) in [5.41, 5.74) is 5.39. The molecule has 2 aromatic rings. The molecular formula is C17H21N5O2S. The number of likely N-dealkylation sites (tertiary alicyclic amines) is 1. The maximum Gasteiger partial charge on any atom is 0.245 e. The van der Waals surface area contributed by atoms with E-state index in [1.165, 1.54) is 0 Å². The molecule has 4 heterocycles. The highest BCUT2D eigenvalue weighted by atomic mass is 32.1. The minimum Gasteiger partial charge on any atom is -0.369 e. The number of primary amides is 1. The first kappa shape index (κ1) is 16.3. The standard InChI is InChI=1S/C17H21N5O2S/c18-14(23)11-3-7-21(8-4-11)17(24)13-2-1-6-22(13)15-12-5-9-25-16(12)20-10-19-15/h5,9-11,13H,1-4,6-8H2,(H2,18,23). The fourth-order valence-electron chi connectivity index (χ4n) is 3.88. The summed E-state index contributed by atoms with van der Waals surface area (Å²) in [4.78, 5) is 38.1. The van der Waals surface area contributed by atoms with E-state index in [0.29, 0.717) is 25.9 Å². The van der Waals surface area contributed by atoms with E-state index < -0.39 is 0 Å². The monoisotopic (exact) mass is 359 g/mol. The van der Waals surface area contributed by atoms with Gasteiger partial charge in [0.2, 0.25) is 11.8 Å². The molecule has 8 heteroatoms. The molecule has 2 aliphatic heterocycles. The summed E-state index contributed by atoms with van der Waals surface area (Å²) in [5, 5.41) is 3.02. The minimum atomic E-state index is -0.254. The summed E-state index contributed by atoms with van der Waals surface area (Å²) in [6.45, 7) is 2.04. The third-order valence-electron chi connectivity index (χ3n) is 5.26. The van der Waals surface area contributed by atoms with Crippen LogP contribution < -0.4 is 10.6 Å². The van der Waals surface area contributed by atoms with Gasteiger partial charge in [0.15, 0.2) is 0 Å². The van der Waals surface area contributed by atoms with E-state index >= 15 is 0 Å². The van der Waals surface area contributed by atoms with Gasteiger partial charge < -0.3 is 15.5 Å². The van der Waals surface area contributed by atoms with Crippen molar-refractivity contribution in [3.05, 3.63) is 17.8 Å². The van der Waals surface area contributed by atoms with E-state index in [2.05, 4.69) is 14.9 Å². The van der Waals surface area contributed by atoms with Gasteiger partial charge in [-0.25, -0.2) is 9.97 Å². The number of amides is 2. The zero-order valence-corrected chi connectivity index (χ0v) is 14.7. The van der Waals surface area contributed by atoms with Crippen LogP contribution >= 0.6 is 11.3 Å². The molecule has 7 nitrogen and oxygen atoms in total. The van der Waals surface area contributed by atoms with Crippen molar-refractivity contribution in [2.45, 2.75) is 31.7 Å². The molecule has 2 saturated heterocycles. The Labute approximate surface area is 149 Å². The largest absolute Gasteiger partial charge is 0.369 e. The smallest absolute Gasteiger partial charge is 0.245 e. The van der Waals surface area contributed by atoms with Gasteiger partial charge >= 0.3 is 0 Å². The molecule has 2 aliphatic rings. The molecule has 1 atom stereocenters. The third kappa shape index (κ3) is 2.95. The molecule has 0 radical (unpaired) electrons. The highest BCUT2D eigenvalue weighted by molar-refractivity contribution is 7.16. The van der Waals surface area contributed by atoms with Gasteiger partial charge in [0.1, 0.15) is 23.0 Å². The van der Waals surface area contributed by atoms with Crippen molar-refractivity contribution >= 4 is 39.2 Å². The van der Waals surface area contributed by atoms with Gasteiger partial charge in [0.25, 0.3) is 0 Å². The number of nitrogens with two attached hydrogens (primary N) is 1. The summed E-state index contributed by atoms with van der Waals surface area (Å²) in [5.74, 6) is 0.642. The van der Waals surface area contributed by atoms with E-state index in [4.69, 9.17) is 5.73 Å². The van der Waals surface area contributed by atoms with E-state index in [9.17, 15) is 9.59 Å². The summed E-state index contributed by atoms with van der Waals surface area (Å²) in [7, 11) is 0. The van der Waals surface area contributed by atoms with Crippen molar-refractivity contribution in [1.82, 2.24) is 14.9 Å². The lowest BCUT2D eigenvalue weighted by Crippen LogP contribution is -2.49. The SMILES string of the molecule is NC(=O)C1CCN(C(=O)C2CCCN2c2ncnc3sccc23)CC1. The van der Waals surface area contributed by atoms with E-state index in [1.54, 1.807) is 17.7 Å². The Hall–Kier alpha value is -2.22. The highest BCUT2D eigenvalue weighted by Crippen LogP contribution is 2.32. The number of hydrogen-bond donors (Lipinski definition) is 1. The van der Waals surface area contributed by atoms with Crippen molar-refractivity contribution in [2.24, 2.45) is 11.7 Å². The van der Waals surface area contributed by atoms with E-state index in [0.717, 1.165) is 35.4 Å². The number of thiophene rings is 1. The predicted molar refractivity (Wildman–Crippen MR) is 96.3 cm³/mol. The molecule has 25 heavy (non-hydrogen) atoms. The van der Waals surface area contributed by atoms with Crippen LogP contribution in [0.15, 0.2) is 17.8 Å². The molecule has 2 fully saturated rings. The second-order valence-electron chi connectivity index (χ2n) is 6.69. The van der Waals surface area contributed by atoms with Crippen LogP contribution in [0.3, 0.4) is 0 Å². The predicted octanol–water partition coefficient (Wildman–Crippen LogP) is 1.38. The van der Waals surface area contributed by atoms with Crippen molar-refractivity contribution in [2.75, 3.05) is 24.5 Å². The number of piperidine rings is 1. The fraction of sp³-hybridized carbons (Fsp3) is 0.529. The minimum absolute atomic E-state index is 0.101. The van der Waals surface area contributed by atoms with Crippen LogP contribution in [0.2, 0.25) is 0 Å². The number of aromatic nitrogens is 2. The van der Waals surface area contributed by atoms with Crippen molar-refractivity contribution in [3.8, 4) is 0 Å². The fourth-order valence-corrected chi connectivity index (χ4v) is 4.61. The first-order valence-corrected chi connectivity index (χ1v) is 9.56. The van der Waals surface area contributed by atoms with Gasteiger partial charge in [-0.2, -0.15) is 0 Å². The normalized spacial score (nSPS) is 21.8. The average Bonchev–Trinajstić information content (AvgIpc) is 3.30. The quantitative estimate of drug-likeness (QED) is 0.894. The van der Waals surface area contributed by atoms with Gasteiger partial charge in [-0.3, -0.25) is 9.59 Å². The second-order valence-corrected chi connectivity index (χ2v) is 7.58. The molecule has 0 aliphatic carbocycles. The lowest BCUT2D eigenvalue weighted by molar-refractivity contribution is -0.135. The number of carbonyl (C=O) groups is 2. The van der Waals surface area contributed by atoms with Crippen LogP contribution in [0.5, 0.6) is 0 Å². The average molecular weight is 359 g/mol. The van der Waals surface area contributed by atoms with Crippen LogP contribution in [0.1, 0.15) is 25.7 Å². The van der Waals surface area contributed by atoms with E-state index in [1.807, 2.05) is 16.3 Å². The van der Waals surface area contributed by atoms with Crippen LogP contribution in [0, 0.1) is 5.92 Å². The Morgan fingerprint density at radius 3 is 2.72 bits per heavy atom. The highest BCUT2D eigenvalue weighted by Gasteiger charge is 2.37. The van der Waals surface area contributed by atoms with Gasteiger partial charge in [-0.15, -0.1) is 11.3 Å². The Kier molecular flexibility index (Phi) is 4.29. The summed E-state index contributed by atoms with van der Waals surface area (Å²) in [6.07, 6.45) is 4.71. The van der Waals surface area contributed by atoms with Crippen molar-refractivity contribution in [1.29, 1.82) is 0 Å². The van der Waals surface area contributed by atoms with Crippen LogP contribution in [-0.2, 0) is 9.59 Å².